The first-order valence-corrected chi connectivity index (χ1v) is 8.47. The van der Waals surface area contributed by atoms with Gasteiger partial charge in [-0.15, -0.1) is 0 Å². The average molecular weight is 322 g/mol. The van der Waals surface area contributed by atoms with Gasteiger partial charge >= 0.3 is 0 Å². The van der Waals surface area contributed by atoms with Crippen LogP contribution in [-0.4, -0.2) is 27.2 Å². The molecule has 1 fully saturated rings. The summed E-state index contributed by atoms with van der Waals surface area (Å²) in [6.45, 7) is 4.37. The van der Waals surface area contributed by atoms with Gasteiger partial charge in [-0.05, 0) is 25.3 Å². The first kappa shape index (κ1) is 15.1. The van der Waals surface area contributed by atoms with E-state index in [2.05, 4.69) is 34.6 Å². The second kappa shape index (κ2) is 6.24. The van der Waals surface area contributed by atoms with Crippen LogP contribution in [0.15, 0.2) is 42.7 Å². The van der Waals surface area contributed by atoms with E-state index in [1.54, 1.807) is 0 Å². The maximum atomic E-state index is 8.63. The highest BCUT2D eigenvalue weighted by Gasteiger charge is 2.21. The molecule has 1 aliphatic heterocycles. The number of hydrogen-bond acceptors (Lipinski definition) is 3. The quantitative estimate of drug-likeness (QED) is 0.806. The molecule has 2 aromatic heterocycles. The number of aryl methyl sites for hydroxylation is 1. The zero-order valence-corrected chi connectivity index (χ0v) is 13.9. The van der Waals surface area contributed by atoms with E-state index in [0.29, 0.717) is 18.0 Å². The summed E-state index contributed by atoms with van der Waals surface area (Å²) in [6.07, 6.45) is 5.97. The number of nitrogens with one attached hydrogen (secondary N) is 1. The molecule has 3 aromatic rings. The second-order valence-electron chi connectivity index (χ2n) is 6.45. The van der Waals surface area contributed by atoms with Crippen molar-refractivity contribution in [1.29, 1.82) is 5.41 Å². The summed E-state index contributed by atoms with van der Waals surface area (Å²) in [4.78, 5) is 4.64. The summed E-state index contributed by atoms with van der Waals surface area (Å²) in [5, 5.41) is 8.63. The van der Waals surface area contributed by atoms with Crippen LogP contribution >= 0.6 is 0 Å². The van der Waals surface area contributed by atoms with Crippen molar-refractivity contribution in [2.75, 3.05) is 13.2 Å². The molecule has 1 aromatic carbocycles. The van der Waals surface area contributed by atoms with Gasteiger partial charge in [0.1, 0.15) is 11.3 Å². The summed E-state index contributed by atoms with van der Waals surface area (Å²) in [7, 11) is 0. The number of nitrogens with zero attached hydrogens (tertiary/aromatic N) is 3. The third-order valence-electron chi connectivity index (χ3n) is 4.85. The fraction of sp³-hybridized carbons (Fsp3) is 0.368. The molecular weight excluding hydrogens is 300 g/mol. The second-order valence-corrected chi connectivity index (χ2v) is 6.45. The molecule has 4 rings (SSSR count). The van der Waals surface area contributed by atoms with Crippen LogP contribution in [-0.2, 0) is 11.3 Å². The monoisotopic (exact) mass is 322 g/mol. The van der Waals surface area contributed by atoms with Gasteiger partial charge in [0, 0.05) is 37.6 Å². The van der Waals surface area contributed by atoms with E-state index >= 15 is 0 Å². The van der Waals surface area contributed by atoms with Gasteiger partial charge in [0.25, 0.3) is 0 Å². The lowest BCUT2D eigenvalue weighted by Crippen LogP contribution is -2.25. The highest BCUT2D eigenvalue weighted by atomic mass is 16.5. The van der Waals surface area contributed by atoms with Crippen LogP contribution in [0, 0.1) is 12.3 Å². The number of imidazole rings is 1. The predicted molar refractivity (Wildman–Crippen MR) is 92.1 cm³/mol. The van der Waals surface area contributed by atoms with Crippen molar-refractivity contribution >= 4 is 5.52 Å². The summed E-state index contributed by atoms with van der Waals surface area (Å²) < 4.78 is 9.61. The molecule has 3 heterocycles. The standard InChI is InChI=1S/C19H22N4O/c1-14-12-23-17(11-21-19(23)16-7-9-24-10-8-16)18(20)22(14)13-15-5-3-2-4-6-15/h2-6,11-12,16,20H,7-10,13H2,1H3. The Bertz CT molecular complexity index is 904. The third kappa shape index (κ3) is 2.65. The topological polar surface area (TPSA) is 55.3 Å². The highest BCUT2D eigenvalue weighted by molar-refractivity contribution is 5.44. The van der Waals surface area contributed by atoms with Crippen LogP contribution in [0.25, 0.3) is 5.52 Å². The van der Waals surface area contributed by atoms with Gasteiger partial charge in [-0.1, -0.05) is 30.3 Å². The molecule has 0 unspecified atom stereocenters. The summed E-state index contributed by atoms with van der Waals surface area (Å²) in [5.74, 6) is 1.49. The van der Waals surface area contributed by atoms with Gasteiger partial charge in [-0.3, -0.25) is 9.81 Å². The van der Waals surface area contributed by atoms with Crippen LogP contribution in [0.2, 0.25) is 0 Å². The van der Waals surface area contributed by atoms with E-state index in [1.807, 2.05) is 29.0 Å². The van der Waals surface area contributed by atoms with Gasteiger partial charge in [0.05, 0.1) is 6.20 Å². The van der Waals surface area contributed by atoms with Gasteiger partial charge in [0.15, 0.2) is 5.49 Å². The molecule has 24 heavy (non-hydrogen) atoms. The molecule has 124 valence electrons. The van der Waals surface area contributed by atoms with Crippen molar-refractivity contribution in [3.8, 4) is 0 Å². The highest BCUT2D eigenvalue weighted by Crippen LogP contribution is 2.26. The maximum absolute atomic E-state index is 8.63. The van der Waals surface area contributed by atoms with Crippen LogP contribution in [0.3, 0.4) is 0 Å². The molecule has 1 saturated heterocycles. The van der Waals surface area contributed by atoms with E-state index in [0.717, 1.165) is 43.1 Å². The Morgan fingerprint density at radius 1 is 1.21 bits per heavy atom. The Hall–Kier alpha value is -2.40. The Morgan fingerprint density at radius 3 is 2.71 bits per heavy atom. The number of benzene rings is 1. The Kier molecular flexibility index (Phi) is 3.94. The van der Waals surface area contributed by atoms with Crippen molar-refractivity contribution in [3.05, 3.63) is 65.3 Å². The lowest BCUT2D eigenvalue weighted by Gasteiger charge is -2.21. The van der Waals surface area contributed by atoms with Crippen LogP contribution in [0.4, 0.5) is 0 Å². The van der Waals surface area contributed by atoms with E-state index in [9.17, 15) is 0 Å². The molecule has 0 amide bonds. The minimum Gasteiger partial charge on any atom is -0.381 e. The number of rotatable bonds is 3. The zero-order valence-electron chi connectivity index (χ0n) is 13.9. The van der Waals surface area contributed by atoms with Crippen molar-refractivity contribution in [1.82, 2.24) is 14.0 Å². The van der Waals surface area contributed by atoms with Crippen molar-refractivity contribution in [2.24, 2.45) is 0 Å². The summed E-state index contributed by atoms with van der Waals surface area (Å²) in [5.41, 5.74) is 3.66. The maximum Gasteiger partial charge on any atom is 0.151 e. The van der Waals surface area contributed by atoms with Gasteiger partial charge < -0.3 is 9.30 Å². The minimum atomic E-state index is 0.421. The van der Waals surface area contributed by atoms with Crippen molar-refractivity contribution in [3.63, 3.8) is 0 Å². The minimum absolute atomic E-state index is 0.421. The molecule has 0 atom stereocenters. The smallest absolute Gasteiger partial charge is 0.151 e. The lowest BCUT2D eigenvalue weighted by molar-refractivity contribution is 0.0835. The van der Waals surface area contributed by atoms with Gasteiger partial charge in [0.2, 0.25) is 0 Å². The van der Waals surface area contributed by atoms with Gasteiger partial charge in [-0.25, -0.2) is 4.98 Å². The molecule has 0 radical (unpaired) electrons. The Labute approximate surface area is 141 Å². The molecule has 1 N–H and O–H groups in total. The number of aromatic nitrogens is 3. The van der Waals surface area contributed by atoms with Crippen LogP contribution in [0.5, 0.6) is 0 Å². The molecule has 1 aliphatic rings. The number of fused-ring (bicyclic) bond motifs is 1. The Balaban J connectivity index is 1.77. The number of ether oxygens (including phenoxy) is 1. The molecule has 0 aliphatic carbocycles. The van der Waals surface area contributed by atoms with E-state index in [-0.39, 0.29) is 0 Å². The predicted octanol–water partition coefficient (Wildman–Crippen LogP) is 2.87. The first-order chi connectivity index (χ1) is 11.7. The molecule has 0 spiro atoms. The van der Waals surface area contributed by atoms with E-state index in [1.165, 1.54) is 5.56 Å². The third-order valence-corrected chi connectivity index (χ3v) is 4.85. The SMILES string of the molecule is Cc1cn2c(C3CCOCC3)ncc2c(=N)n1Cc1ccccc1. The average Bonchev–Trinajstić information content (AvgIpc) is 3.04. The molecular formula is C19H22N4O. The van der Waals surface area contributed by atoms with E-state index < -0.39 is 0 Å². The zero-order chi connectivity index (χ0) is 16.5. The van der Waals surface area contributed by atoms with Crippen LogP contribution < -0.4 is 5.49 Å². The summed E-state index contributed by atoms with van der Waals surface area (Å²) >= 11 is 0. The molecule has 5 heteroatoms. The van der Waals surface area contributed by atoms with E-state index in [4.69, 9.17) is 10.1 Å². The van der Waals surface area contributed by atoms with Crippen LogP contribution in [0.1, 0.15) is 35.8 Å². The number of hydrogen-bond donors (Lipinski definition) is 1. The fourth-order valence-corrected chi connectivity index (χ4v) is 3.48. The normalized spacial score (nSPS) is 15.9. The van der Waals surface area contributed by atoms with Crippen molar-refractivity contribution in [2.45, 2.75) is 32.2 Å². The largest absolute Gasteiger partial charge is 0.381 e. The molecule has 0 bridgehead atoms. The molecule has 5 nitrogen and oxygen atoms in total. The van der Waals surface area contributed by atoms with Gasteiger partial charge in [-0.2, -0.15) is 0 Å². The lowest BCUT2D eigenvalue weighted by atomic mass is 10.00. The van der Waals surface area contributed by atoms with Crippen molar-refractivity contribution < 1.29 is 4.74 Å². The first-order valence-electron chi connectivity index (χ1n) is 8.47. The fourth-order valence-electron chi connectivity index (χ4n) is 3.48. The summed E-state index contributed by atoms with van der Waals surface area (Å²) in [6, 6.07) is 10.3. The molecule has 0 saturated carbocycles. The Morgan fingerprint density at radius 2 is 1.96 bits per heavy atom.